The van der Waals surface area contributed by atoms with Gasteiger partial charge in [-0.05, 0) is 65.2 Å². The molecule has 2 N–H and O–H groups in total. The second-order valence-electron chi connectivity index (χ2n) is 4.47. The third-order valence-electron chi connectivity index (χ3n) is 2.62. The van der Waals surface area contributed by atoms with Gasteiger partial charge in [0.25, 0.3) is 0 Å². The van der Waals surface area contributed by atoms with Crippen LogP contribution in [0.5, 0.6) is 0 Å². The SMILES string of the molecule is CC(N)Cc1cc(Br)ccc1Sc1ccccc1Br. The molecule has 0 fully saturated rings. The number of halogens is 2. The smallest absolute Gasteiger partial charge is 0.0314 e. The summed E-state index contributed by atoms with van der Waals surface area (Å²) in [6.07, 6.45) is 0.881. The van der Waals surface area contributed by atoms with Gasteiger partial charge in [-0.3, -0.25) is 0 Å². The minimum Gasteiger partial charge on any atom is -0.328 e. The van der Waals surface area contributed by atoms with E-state index in [9.17, 15) is 0 Å². The maximum Gasteiger partial charge on any atom is 0.0314 e. The van der Waals surface area contributed by atoms with Crippen molar-refractivity contribution in [3.05, 3.63) is 57.0 Å². The molecule has 0 saturated carbocycles. The Morgan fingerprint density at radius 3 is 2.53 bits per heavy atom. The Hall–Kier alpha value is -0.290. The van der Waals surface area contributed by atoms with Gasteiger partial charge in [-0.2, -0.15) is 0 Å². The van der Waals surface area contributed by atoms with E-state index in [0.717, 1.165) is 15.4 Å². The molecule has 0 aliphatic rings. The minimum absolute atomic E-state index is 0.160. The van der Waals surface area contributed by atoms with Crippen LogP contribution >= 0.6 is 43.6 Å². The Morgan fingerprint density at radius 1 is 1.11 bits per heavy atom. The molecule has 19 heavy (non-hydrogen) atoms. The molecule has 0 aliphatic heterocycles. The van der Waals surface area contributed by atoms with E-state index in [0.29, 0.717) is 0 Å². The average Bonchev–Trinajstić information content (AvgIpc) is 2.34. The van der Waals surface area contributed by atoms with Crippen LogP contribution in [0.2, 0.25) is 0 Å². The molecule has 0 aliphatic carbocycles. The molecule has 0 radical (unpaired) electrons. The standard InChI is InChI=1S/C15H15Br2NS/c1-10(18)8-11-9-12(16)6-7-14(11)19-15-5-3-2-4-13(15)17/h2-7,9-10H,8,18H2,1H3. The van der Waals surface area contributed by atoms with E-state index in [1.807, 2.05) is 13.0 Å². The first-order valence-electron chi connectivity index (χ1n) is 6.02. The molecule has 0 amide bonds. The zero-order valence-corrected chi connectivity index (χ0v) is 14.6. The summed E-state index contributed by atoms with van der Waals surface area (Å²) in [4.78, 5) is 2.48. The van der Waals surface area contributed by atoms with E-state index in [4.69, 9.17) is 5.73 Å². The molecule has 0 spiro atoms. The molecule has 2 aromatic rings. The van der Waals surface area contributed by atoms with E-state index in [1.54, 1.807) is 11.8 Å². The van der Waals surface area contributed by atoms with Crippen LogP contribution in [0.4, 0.5) is 0 Å². The Bertz CT molecular complexity index is 570. The highest BCUT2D eigenvalue weighted by Gasteiger charge is 2.09. The summed E-state index contributed by atoms with van der Waals surface area (Å²) in [6, 6.07) is 14.8. The van der Waals surface area contributed by atoms with Crippen molar-refractivity contribution in [2.24, 2.45) is 5.73 Å². The number of benzene rings is 2. The Balaban J connectivity index is 2.32. The number of rotatable bonds is 4. The van der Waals surface area contributed by atoms with Gasteiger partial charge in [-0.1, -0.05) is 39.8 Å². The molecule has 4 heteroatoms. The Kier molecular flexibility index (Phi) is 5.51. The monoisotopic (exact) mass is 399 g/mol. The van der Waals surface area contributed by atoms with Crippen molar-refractivity contribution in [2.45, 2.75) is 29.2 Å². The van der Waals surface area contributed by atoms with Gasteiger partial charge in [0.05, 0.1) is 0 Å². The summed E-state index contributed by atoms with van der Waals surface area (Å²) in [5.41, 5.74) is 7.22. The maximum atomic E-state index is 5.93. The van der Waals surface area contributed by atoms with Crippen LogP contribution in [0.25, 0.3) is 0 Å². The van der Waals surface area contributed by atoms with Crippen LogP contribution in [-0.4, -0.2) is 6.04 Å². The van der Waals surface area contributed by atoms with Crippen molar-refractivity contribution < 1.29 is 0 Å². The first-order valence-corrected chi connectivity index (χ1v) is 8.43. The van der Waals surface area contributed by atoms with Crippen LogP contribution in [-0.2, 0) is 6.42 Å². The number of nitrogens with two attached hydrogens (primary N) is 1. The highest BCUT2D eigenvalue weighted by molar-refractivity contribution is 9.10. The summed E-state index contributed by atoms with van der Waals surface area (Å²) >= 11 is 8.88. The lowest BCUT2D eigenvalue weighted by Gasteiger charge is -2.12. The first-order chi connectivity index (χ1) is 9.06. The molecule has 2 aromatic carbocycles. The number of hydrogen-bond donors (Lipinski definition) is 1. The molecule has 1 atom stereocenters. The summed E-state index contributed by atoms with van der Waals surface area (Å²) in [7, 11) is 0. The molecular formula is C15H15Br2NS. The fraction of sp³-hybridized carbons (Fsp3) is 0.200. The molecule has 0 heterocycles. The van der Waals surface area contributed by atoms with Gasteiger partial charge in [0.1, 0.15) is 0 Å². The van der Waals surface area contributed by atoms with Crippen LogP contribution in [0.15, 0.2) is 61.2 Å². The Morgan fingerprint density at radius 2 is 1.84 bits per heavy atom. The Labute approximate surface area is 135 Å². The van der Waals surface area contributed by atoms with Crippen molar-refractivity contribution >= 4 is 43.6 Å². The lowest BCUT2D eigenvalue weighted by molar-refractivity contribution is 0.729. The fourth-order valence-corrected chi connectivity index (χ4v) is 3.69. The zero-order chi connectivity index (χ0) is 13.8. The van der Waals surface area contributed by atoms with E-state index in [2.05, 4.69) is 68.3 Å². The van der Waals surface area contributed by atoms with Gasteiger partial charge in [0, 0.05) is 24.8 Å². The largest absolute Gasteiger partial charge is 0.328 e. The highest BCUT2D eigenvalue weighted by atomic mass is 79.9. The molecule has 0 bridgehead atoms. The highest BCUT2D eigenvalue weighted by Crippen LogP contribution is 2.36. The minimum atomic E-state index is 0.160. The van der Waals surface area contributed by atoms with Gasteiger partial charge in [-0.25, -0.2) is 0 Å². The lowest BCUT2D eigenvalue weighted by atomic mass is 10.1. The summed E-state index contributed by atoms with van der Waals surface area (Å²) in [5, 5.41) is 0. The second kappa shape index (κ2) is 6.93. The summed E-state index contributed by atoms with van der Waals surface area (Å²) < 4.78 is 2.22. The lowest BCUT2D eigenvalue weighted by Crippen LogP contribution is -2.18. The third kappa shape index (κ3) is 4.35. The van der Waals surface area contributed by atoms with Gasteiger partial charge >= 0.3 is 0 Å². The second-order valence-corrected chi connectivity index (χ2v) is 7.32. The number of hydrogen-bond acceptors (Lipinski definition) is 2. The van der Waals surface area contributed by atoms with Crippen LogP contribution in [0, 0.1) is 0 Å². The van der Waals surface area contributed by atoms with Crippen LogP contribution in [0.3, 0.4) is 0 Å². The van der Waals surface area contributed by atoms with Crippen molar-refractivity contribution in [3.63, 3.8) is 0 Å². The maximum absolute atomic E-state index is 5.93. The molecule has 0 aromatic heterocycles. The van der Waals surface area contributed by atoms with E-state index in [1.165, 1.54) is 15.4 Å². The van der Waals surface area contributed by atoms with Gasteiger partial charge in [0.2, 0.25) is 0 Å². The van der Waals surface area contributed by atoms with Gasteiger partial charge in [0.15, 0.2) is 0 Å². The molecule has 100 valence electrons. The van der Waals surface area contributed by atoms with E-state index >= 15 is 0 Å². The van der Waals surface area contributed by atoms with Gasteiger partial charge < -0.3 is 5.73 Å². The van der Waals surface area contributed by atoms with Gasteiger partial charge in [-0.15, -0.1) is 0 Å². The predicted octanol–water partition coefficient (Wildman–Crippen LogP) is 5.25. The van der Waals surface area contributed by atoms with Crippen LogP contribution in [0.1, 0.15) is 12.5 Å². The molecule has 1 nitrogen and oxygen atoms in total. The molecular weight excluding hydrogens is 386 g/mol. The fourth-order valence-electron chi connectivity index (χ4n) is 1.80. The molecule has 2 rings (SSSR count). The van der Waals surface area contributed by atoms with Crippen LogP contribution < -0.4 is 5.73 Å². The van der Waals surface area contributed by atoms with E-state index < -0.39 is 0 Å². The quantitative estimate of drug-likeness (QED) is 0.757. The van der Waals surface area contributed by atoms with Crippen molar-refractivity contribution in [1.82, 2.24) is 0 Å². The van der Waals surface area contributed by atoms with Crippen molar-refractivity contribution in [1.29, 1.82) is 0 Å². The topological polar surface area (TPSA) is 26.0 Å². The summed E-state index contributed by atoms with van der Waals surface area (Å²) in [5.74, 6) is 0. The van der Waals surface area contributed by atoms with E-state index in [-0.39, 0.29) is 6.04 Å². The summed E-state index contributed by atoms with van der Waals surface area (Å²) in [6.45, 7) is 2.04. The normalized spacial score (nSPS) is 12.4. The average molecular weight is 401 g/mol. The molecule has 0 saturated heterocycles. The third-order valence-corrected chi connectivity index (χ3v) is 5.26. The zero-order valence-electron chi connectivity index (χ0n) is 10.6. The first kappa shape index (κ1) is 15.1. The molecule has 1 unspecified atom stereocenters. The van der Waals surface area contributed by atoms with Crippen molar-refractivity contribution in [2.75, 3.05) is 0 Å². The van der Waals surface area contributed by atoms with Crippen molar-refractivity contribution in [3.8, 4) is 0 Å². The predicted molar refractivity (Wildman–Crippen MR) is 89.8 cm³/mol.